The SMILES string of the molecule is CCCCCCCc1ccc(C(=O)Oc2ccc(OC)cc2)cc1. The quantitative estimate of drug-likeness (QED) is 0.350. The van der Waals surface area contributed by atoms with Crippen LogP contribution in [0.5, 0.6) is 11.5 Å². The number of hydrogen-bond acceptors (Lipinski definition) is 3. The van der Waals surface area contributed by atoms with Gasteiger partial charge in [-0.15, -0.1) is 0 Å². The average molecular weight is 326 g/mol. The molecule has 3 nitrogen and oxygen atoms in total. The molecule has 0 amide bonds. The van der Waals surface area contributed by atoms with E-state index in [-0.39, 0.29) is 5.97 Å². The van der Waals surface area contributed by atoms with Crippen molar-refractivity contribution in [1.29, 1.82) is 0 Å². The van der Waals surface area contributed by atoms with Crippen LogP contribution in [0.25, 0.3) is 0 Å². The van der Waals surface area contributed by atoms with Gasteiger partial charge in [-0.1, -0.05) is 44.7 Å². The second-order valence-corrected chi connectivity index (χ2v) is 5.93. The van der Waals surface area contributed by atoms with Crippen LogP contribution in [0.2, 0.25) is 0 Å². The largest absolute Gasteiger partial charge is 0.497 e. The van der Waals surface area contributed by atoms with Gasteiger partial charge in [0, 0.05) is 0 Å². The Bertz CT molecular complexity index is 615. The number of carbonyl (C=O) groups is 1. The molecule has 128 valence electrons. The molecule has 0 aliphatic rings. The molecule has 0 aromatic heterocycles. The van der Waals surface area contributed by atoms with Crippen LogP contribution in [-0.4, -0.2) is 13.1 Å². The standard InChI is InChI=1S/C21H26O3/c1-3-4-5-6-7-8-17-9-11-18(12-10-17)21(22)24-20-15-13-19(23-2)14-16-20/h9-16H,3-8H2,1-2H3. The van der Waals surface area contributed by atoms with Crippen LogP contribution in [0.4, 0.5) is 0 Å². The number of aryl methyl sites for hydroxylation is 1. The molecule has 0 radical (unpaired) electrons. The molecule has 0 saturated heterocycles. The Hall–Kier alpha value is -2.29. The van der Waals surface area contributed by atoms with E-state index in [2.05, 4.69) is 6.92 Å². The zero-order valence-corrected chi connectivity index (χ0v) is 14.6. The molecular formula is C21H26O3. The Morgan fingerprint density at radius 3 is 2.08 bits per heavy atom. The van der Waals surface area contributed by atoms with Gasteiger partial charge < -0.3 is 9.47 Å². The predicted octanol–water partition coefficient (Wildman–Crippen LogP) is 5.43. The van der Waals surface area contributed by atoms with Gasteiger partial charge in [0.05, 0.1) is 12.7 Å². The van der Waals surface area contributed by atoms with E-state index < -0.39 is 0 Å². The van der Waals surface area contributed by atoms with Crippen molar-refractivity contribution in [2.75, 3.05) is 7.11 Å². The van der Waals surface area contributed by atoms with Crippen LogP contribution in [0.3, 0.4) is 0 Å². The van der Waals surface area contributed by atoms with Gasteiger partial charge in [0.2, 0.25) is 0 Å². The summed E-state index contributed by atoms with van der Waals surface area (Å²) in [6, 6.07) is 14.7. The minimum atomic E-state index is -0.338. The second kappa shape index (κ2) is 9.76. The zero-order chi connectivity index (χ0) is 17.2. The molecule has 2 rings (SSSR count). The third-order valence-electron chi connectivity index (χ3n) is 4.03. The van der Waals surface area contributed by atoms with Gasteiger partial charge in [-0.3, -0.25) is 0 Å². The van der Waals surface area contributed by atoms with Crippen molar-refractivity contribution in [3.05, 3.63) is 59.7 Å². The number of unbranched alkanes of at least 4 members (excludes halogenated alkanes) is 4. The van der Waals surface area contributed by atoms with Crippen LogP contribution < -0.4 is 9.47 Å². The summed E-state index contributed by atoms with van der Waals surface area (Å²) in [6.45, 7) is 2.23. The highest BCUT2D eigenvalue weighted by Gasteiger charge is 2.08. The minimum Gasteiger partial charge on any atom is -0.497 e. The summed E-state index contributed by atoms with van der Waals surface area (Å²) in [4.78, 5) is 12.2. The Balaban J connectivity index is 1.83. The van der Waals surface area contributed by atoms with Gasteiger partial charge in [0.15, 0.2) is 0 Å². The molecular weight excluding hydrogens is 300 g/mol. The number of benzene rings is 2. The Kier molecular flexibility index (Phi) is 7.34. The van der Waals surface area contributed by atoms with E-state index in [0.717, 1.165) is 12.2 Å². The summed E-state index contributed by atoms with van der Waals surface area (Å²) < 4.78 is 10.5. The first-order chi connectivity index (χ1) is 11.7. The smallest absolute Gasteiger partial charge is 0.343 e. The van der Waals surface area contributed by atoms with Gasteiger partial charge >= 0.3 is 5.97 Å². The third kappa shape index (κ3) is 5.73. The molecule has 0 aliphatic heterocycles. The Labute approximate surface area is 144 Å². The lowest BCUT2D eigenvalue weighted by molar-refractivity contribution is 0.0734. The summed E-state index contributed by atoms with van der Waals surface area (Å²) in [7, 11) is 1.60. The number of ether oxygens (including phenoxy) is 2. The van der Waals surface area contributed by atoms with Crippen LogP contribution in [0.15, 0.2) is 48.5 Å². The first-order valence-electron chi connectivity index (χ1n) is 8.68. The number of methoxy groups -OCH3 is 1. The number of rotatable bonds is 9. The second-order valence-electron chi connectivity index (χ2n) is 5.93. The summed E-state index contributed by atoms with van der Waals surface area (Å²) in [5, 5.41) is 0. The van der Waals surface area contributed by atoms with E-state index in [1.54, 1.807) is 31.4 Å². The summed E-state index contributed by atoms with van der Waals surface area (Å²) in [5.41, 5.74) is 1.84. The molecule has 0 bridgehead atoms. The average Bonchev–Trinajstić information content (AvgIpc) is 2.62. The first kappa shape index (κ1) is 18.1. The lowest BCUT2D eigenvalue weighted by Crippen LogP contribution is -2.08. The van der Waals surface area contributed by atoms with E-state index in [9.17, 15) is 4.79 Å². The van der Waals surface area contributed by atoms with Crippen molar-refractivity contribution in [3.63, 3.8) is 0 Å². The van der Waals surface area contributed by atoms with Gasteiger partial charge in [-0.25, -0.2) is 4.79 Å². The fourth-order valence-corrected chi connectivity index (χ4v) is 2.55. The maximum atomic E-state index is 12.2. The van der Waals surface area contributed by atoms with Crippen molar-refractivity contribution in [1.82, 2.24) is 0 Å². The maximum Gasteiger partial charge on any atom is 0.343 e. The molecule has 0 spiro atoms. The van der Waals surface area contributed by atoms with Gasteiger partial charge in [0.1, 0.15) is 11.5 Å². The van der Waals surface area contributed by atoms with E-state index in [4.69, 9.17) is 9.47 Å². The van der Waals surface area contributed by atoms with E-state index in [0.29, 0.717) is 11.3 Å². The molecule has 0 unspecified atom stereocenters. The zero-order valence-electron chi connectivity index (χ0n) is 14.6. The highest BCUT2D eigenvalue weighted by atomic mass is 16.5. The molecule has 0 fully saturated rings. The van der Waals surface area contributed by atoms with Crippen molar-refractivity contribution in [3.8, 4) is 11.5 Å². The van der Waals surface area contributed by atoms with Crippen LogP contribution in [0, 0.1) is 0 Å². The van der Waals surface area contributed by atoms with Crippen molar-refractivity contribution in [2.24, 2.45) is 0 Å². The molecule has 2 aromatic carbocycles. The molecule has 3 heteroatoms. The maximum absolute atomic E-state index is 12.2. The van der Waals surface area contributed by atoms with Gasteiger partial charge in [0.25, 0.3) is 0 Å². The topological polar surface area (TPSA) is 35.5 Å². The van der Waals surface area contributed by atoms with E-state index >= 15 is 0 Å². The normalized spacial score (nSPS) is 10.4. The van der Waals surface area contributed by atoms with Crippen LogP contribution >= 0.6 is 0 Å². The molecule has 0 atom stereocenters. The lowest BCUT2D eigenvalue weighted by Gasteiger charge is -2.06. The molecule has 24 heavy (non-hydrogen) atoms. The molecule has 2 aromatic rings. The summed E-state index contributed by atoms with van der Waals surface area (Å²) in [5.74, 6) is 0.911. The van der Waals surface area contributed by atoms with E-state index in [1.165, 1.54) is 37.7 Å². The number of hydrogen-bond donors (Lipinski definition) is 0. The van der Waals surface area contributed by atoms with Crippen molar-refractivity contribution in [2.45, 2.75) is 45.4 Å². The van der Waals surface area contributed by atoms with Crippen LogP contribution in [0.1, 0.15) is 54.9 Å². The first-order valence-corrected chi connectivity index (χ1v) is 8.68. The monoisotopic (exact) mass is 326 g/mol. The van der Waals surface area contributed by atoms with Gasteiger partial charge in [-0.05, 0) is 54.8 Å². The number of esters is 1. The lowest BCUT2D eigenvalue weighted by atomic mass is 10.0. The molecule has 0 aliphatic carbocycles. The molecule has 0 N–H and O–H groups in total. The highest BCUT2D eigenvalue weighted by molar-refractivity contribution is 5.91. The molecule has 0 saturated carbocycles. The van der Waals surface area contributed by atoms with Crippen molar-refractivity contribution < 1.29 is 14.3 Å². The summed E-state index contributed by atoms with van der Waals surface area (Å²) in [6.07, 6.45) is 7.44. The fraction of sp³-hybridized carbons (Fsp3) is 0.381. The van der Waals surface area contributed by atoms with Gasteiger partial charge in [-0.2, -0.15) is 0 Å². The van der Waals surface area contributed by atoms with Crippen molar-refractivity contribution >= 4 is 5.97 Å². The fourth-order valence-electron chi connectivity index (χ4n) is 2.55. The highest BCUT2D eigenvalue weighted by Crippen LogP contribution is 2.18. The van der Waals surface area contributed by atoms with E-state index in [1.807, 2.05) is 24.3 Å². The predicted molar refractivity (Wildman–Crippen MR) is 96.9 cm³/mol. The molecule has 0 heterocycles. The summed E-state index contributed by atoms with van der Waals surface area (Å²) >= 11 is 0. The third-order valence-corrected chi connectivity index (χ3v) is 4.03. The Morgan fingerprint density at radius 1 is 0.833 bits per heavy atom. The minimum absolute atomic E-state index is 0.338. The van der Waals surface area contributed by atoms with Crippen LogP contribution in [-0.2, 0) is 6.42 Å². The Morgan fingerprint density at radius 2 is 1.46 bits per heavy atom. The number of carbonyl (C=O) groups excluding carboxylic acids is 1.